The first-order valence-corrected chi connectivity index (χ1v) is 5.04. The van der Waals surface area contributed by atoms with E-state index < -0.39 is 0 Å². The van der Waals surface area contributed by atoms with Gasteiger partial charge in [-0.25, -0.2) is 4.98 Å². The van der Waals surface area contributed by atoms with Crippen LogP contribution in [0.25, 0.3) is 21.9 Å². The lowest BCUT2D eigenvalue weighted by Crippen LogP contribution is -1.82. The zero-order valence-corrected chi connectivity index (χ0v) is 8.36. The number of nitrogen functional groups attached to an aromatic ring is 1. The van der Waals surface area contributed by atoms with Gasteiger partial charge in [0, 0.05) is 5.69 Å². The Hall–Kier alpha value is -1.95. The van der Waals surface area contributed by atoms with Gasteiger partial charge < -0.3 is 10.2 Å². The second-order valence-electron chi connectivity index (χ2n) is 3.03. The fourth-order valence-electron chi connectivity index (χ4n) is 1.31. The van der Waals surface area contributed by atoms with E-state index in [0.717, 1.165) is 10.4 Å². The molecule has 0 atom stereocenters. The van der Waals surface area contributed by atoms with Crippen LogP contribution in [0.2, 0.25) is 0 Å². The molecule has 2 N–H and O–H groups in total. The zero-order valence-electron chi connectivity index (χ0n) is 7.54. The molecule has 0 spiro atoms. The minimum Gasteiger partial charge on any atom is -0.435 e. The molecule has 5 nitrogen and oxygen atoms in total. The van der Waals surface area contributed by atoms with Crippen LogP contribution in [0, 0.1) is 0 Å². The van der Waals surface area contributed by atoms with Crippen LogP contribution in [-0.2, 0) is 0 Å². The minimum absolute atomic E-state index is 0.533. The Kier molecular flexibility index (Phi) is 1.69. The van der Waals surface area contributed by atoms with Gasteiger partial charge in [-0.2, -0.15) is 0 Å². The smallest absolute Gasteiger partial charge is 0.240 e. The number of oxazole rings is 1. The van der Waals surface area contributed by atoms with Gasteiger partial charge in [0.05, 0.1) is 6.20 Å². The number of anilines is 1. The van der Waals surface area contributed by atoms with E-state index in [0.29, 0.717) is 17.2 Å². The lowest BCUT2D eigenvalue weighted by atomic mass is 10.3. The quantitative estimate of drug-likeness (QED) is 0.631. The normalized spacial score (nSPS) is 10.9. The molecule has 0 saturated heterocycles. The Balaban J connectivity index is 2.22. The maximum absolute atomic E-state index is 5.65. The first kappa shape index (κ1) is 8.37. The molecule has 2 heterocycles. The molecular formula is C9H6N4OS. The summed E-state index contributed by atoms with van der Waals surface area (Å²) in [5, 5.41) is 3.73. The molecule has 2 aromatic heterocycles. The Bertz CT molecular complexity index is 602. The monoisotopic (exact) mass is 218 g/mol. The highest BCUT2D eigenvalue weighted by Gasteiger charge is 2.09. The number of nitrogens with two attached hydrogens (primary N) is 1. The van der Waals surface area contributed by atoms with Crippen molar-refractivity contribution in [2.24, 2.45) is 0 Å². The summed E-state index contributed by atoms with van der Waals surface area (Å²) in [7, 11) is 0. The topological polar surface area (TPSA) is 77.8 Å². The summed E-state index contributed by atoms with van der Waals surface area (Å²) < 4.78 is 9.28. The van der Waals surface area contributed by atoms with E-state index in [2.05, 4.69) is 14.6 Å². The van der Waals surface area contributed by atoms with Crippen molar-refractivity contribution in [3.05, 3.63) is 24.4 Å². The number of hydrogen-bond donors (Lipinski definition) is 1. The maximum atomic E-state index is 5.65. The minimum atomic E-state index is 0.533. The third-order valence-corrected chi connectivity index (χ3v) is 2.64. The lowest BCUT2D eigenvalue weighted by molar-refractivity contribution is 0.621. The van der Waals surface area contributed by atoms with E-state index in [4.69, 9.17) is 10.2 Å². The fraction of sp³-hybridized carbons (Fsp3) is 0. The van der Waals surface area contributed by atoms with Gasteiger partial charge in [-0.15, -0.1) is 5.10 Å². The van der Waals surface area contributed by atoms with Crippen molar-refractivity contribution >= 4 is 28.3 Å². The van der Waals surface area contributed by atoms with Gasteiger partial charge in [0.2, 0.25) is 5.89 Å². The Morgan fingerprint density at radius 3 is 3.07 bits per heavy atom. The summed E-state index contributed by atoms with van der Waals surface area (Å²) in [4.78, 5) is 5.11. The first-order chi connectivity index (χ1) is 7.33. The van der Waals surface area contributed by atoms with Gasteiger partial charge in [0.1, 0.15) is 10.4 Å². The summed E-state index contributed by atoms with van der Waals surface area (Å²) in [6.45, 7) is 0. The first-order valence-electron chi connectivity index (χ1n) is 4.27. The van der Waals surface area contributed by atoms with Gasteiger partial charge in [0.25, 0.3) is 0 Å². The number of aromatic nitrogens is 3. The molecule has 3 aromatic rings. The molecule has 0 aliphatic rings. The number of hydrogen-bond acceptors (Lipinski definition) is 6. The second-order valence-corrected chi connectivity index (χ2v) is 3.81. The van der Waals surface area contributed by atoms with E-state index in [-0.39, 0.29) is 0 Å². The van der Waals surface area contributed by atoms with Crippen LogP contribution in [0.4, 0.5) is 5.69 Å². The van der Waals surface area contributed by atoms with E-state index in [1.54, 1.807) is 24.4 Å². The third-order valence-electron chi connectivity index (χ3n) is 1.98. The van der Waals surface area contributed by atoms with Crippen molar-refractivity contribution in [3.8, 4) is 10.8 Å². The van der Waals surface area contributed by atoms with Gasteiger partial charge in [0.15, 0.2) is 5.58 Å². The molecule has 6 heteroatoms. The molecule has 74 valence electrons. The van der Waals surface area contributed by atoms with Crippen molar-refractivity contribution in [1.29, 1.82) is 0 Å². The van der Waals surface area contributed by atoms with Crippen LogP contribution in [-0.4, -0.2) is 14.6 Å². The SMILES string of the molecule is Nc1ccc2oc(-c3cnns3)nc2c1. The average molecular weight is 218 g/mol. The van der Waals surface area contributed by atoms with Gasteiger partial charge in [-0.1, -0.05) is 4.49 Å². The molecule has 15 heavy (non-hydrogen) atoms. The molecule has 3 rings (SSSR count). The molecule has 0 bridgehead atoms. The number of nitrogens with zero attached hydrogens (tertiary/aromatic N) is 3. The van der Waals surface area contributed by atoms with Crippen molar-refractivity contribution in [2.45, 2.75) is 0 Å². The highest BCUT2D eigenvalue weighted by Crippen LogP contribution is 2.26. The highest BCUT2D eigenvalue weighted by atomic mass is 32.1. The number of benzene rings is 1. The summed E-state index contributed by atoms with van der Waals surface area (Å²) in [5.41, 5.74) is 7.78. The fourth-order valence-corrected chi connectivity index (χ4v) is 1.75. The molecule has 0 aliphatic heterocycles. The lowest BCUT2D eigenvalue weighted by Gasteiger charge is -1.88. The van der Waals surface area contributed by atoms with E-state index in [1.165, 1.54) is 11.5 Å². The highest BCUT2D eigenvalue weighted by molar-refractivity contribution is 7.09. The predicted octanol–water partition coefficient (Wildman–Crippen LogP) is 1.93. The van der Waals surface area contributed by atoms with Gasteiger partial charge >= 0.3 is 0 Å². The predicted molar refractivity (Wildman–Crippen MR) is 57.3 cm³/mol. The van der Waals surface area contributed by atoms with Crippen LogP contribution in [0.5, 0.6) is 0 Å². The molecule has 1 aromatic carbocycles. The average Bonchev–Trinajstić information content (AvgIpc) is 2.84. The molecule has 0 saturated carbocycles. The molecule has 0 radical (unpaired) electrons. The summed E-state index contributed by atoms with van der Waals surface area (Å²) >= 11 is 1.25. The van der Waals surface area contributed by atoms with E-state index >= 15 is 0 Å². The Labute approximate surface area is 88.7 Å². The van der Waals surface area contributed by atoms with E-state index in [1.807, 2.05) is 0 Å². The Morgan fingerprint density at radius 2 is 2.27 bits per heavy atom. The third kappa shape index (κ3) is 1.35. The van der Waals surface area contributed by atoms with Crippen LogP contribution in [0.15, 0.2) is 28.8 Å². The van der Waals surface area contributed by atoms with Gasteiger partial charge in [-0.3, -0.25) is 0 Å². The maximum Gasteiger partial charge on any atom is 0.240 e. The van der Waals surface area contributed by atoms with Crippen LogP contribution >= 0.6 is 11.5 Å². The molecular weight excluding hydrogens is 212 g/mol. The van der Waals surface area contributed by atoms with Gasteiger partial charge in [-0.05, 0) is 29.7 Å². The van der Waals surface area contributed by atoms with Crippen LogP contribution in [0.1, 0.15) is 0 Å². The zero-order chi connectivity index (χ0) is 10.3. The standard InChI is InChI=1S/C9H6N4OS/c10-5-1-2-7-6(3-5)12-9(14-7)8-4-11-13-15-8/h1-4H,10H2. The Morgan fingerprint density at radius 1 is 1.33 bits per heavy atom. The largest absolute Gasteiger partial charge is 0.435 e. The molecule has 0 aliphatic carbocycles. The van der Waals surface area contributed by atoms with Crippen molar-refractivity contribution in [2.75, 3.05) is 5.73 Å². The summed E-state index contributed by atoms with van der Waals surface area (Å²) in [5.74, 6) is 0.533. The summed E-state index contributed by atoms with van der Waals surface area (Å²) in [6.07, 6.45) is 1.62. The number of fused-ring (bicyclic) bond motifs is 1. The number of rotatable bonds is 1. The van der Waals surface area contributed by atoms with Crippen LogP contribution < -0.4 is 5.73 Å². The van der Waals surface area contributed by atoms with Crippen molar-refractivity contribution in [3.63, 3.8) is 0 Å². The van der Waals surface area contributed by atoms with E-state index in [9.17, 15) is 0 Å². The molecule has 0 unspecified atom stereocenters. The second kappa shape index (κ2) is 3.03. The van der Waals surface area contributed by atoms with Crippen molar-refractivity contribution < 1.29 is 4.42 Å². The summed E-state index contributed by atoms with van der Waals surface area (Å²) in [6, 6.07) is 5.36. The molecule has 0 fully saturated rings. The molecule has 0 amide bonds. The van der Waals surface area contributed by atoms with Crippen LogP contribution in [0.3, 0.4) is 0 Å². The van der Waals surface area contributed by atoms with Crippen molar-refractivity contribution in [1.82, 2.24) is 14.6 Å².